The zero-order valence-corrected chi connectivity index (χ0v) is 17.6. The van der Waals surface area contributed by atoms with Crippen LogP contribution in [-0.4, -0.2) is 16.7 Å². The number of halogens is 1. The van der Waals surface area contributed by atoms with Gasteiger partial charge in [0.15, 0.2) is 0 Å². The minimum Gasteiger partial charge on any atom is -0.350 e. The van der Waals surface area contributed by atoms with Crippen molar-refractivity contribution in [3.63, 3.8) is 0 Å². The second kappa shape index (κ2) is 11.1. The second-order valence-corrected chi connectivity index (χ2v) is 7.41. The molecule has 0 saturated heterocycles. The number of rotatable bonds is 9. The predicted molar refractivity (Wildman–Crippen MR) is 119 cm³/mol. The lowest BCUT2D eigenvalue weighted by atomic mass is 10.0. The Morgan fingerprint density at radius 1 is 0.871 bits per heavy atom. The van der Waals surface area contributed by atoms with E-state index in [-0.39, 0.29) is 24.2 Å². The Labute approximate surface area is 182 Å². The minimum atomic E-state index is -0.783. The summed E-state index contributed by atoms with van der Waals surface area (Å²) in [5, 5.41) is 2.98. The highest BCUT2D eigenvalue weighted by atomic mass is 19.1. The van der Waals surface area contributed by atoms with Crippen molar-refractivity contribution >= 4 is 11.8 Å². The molecule has 2 amide bonds. The molecule has 0 aliphatic rings. The van der Waals surface area contributed by atoms with Gasteiger partial charge >= 0.3 is 0 Å². The molecule has 0 bridgehead atoms. The fourth-order valence-electron chi connectivity index (χ4n) is 3.46. The molecule has 4 nitrogen and oxygen atoms in total. The van der Waals surface area contributed by atoms with Crippen molar-refractivity contribution in [2.24, 2.45) is 0 Å². The third-order valence-electron chi connectivity index (χ3n) is 5.04. The topological polar surface area (TPSA) is 49.4 Å². The lowest BCUT2D eigenvalue weighted by Crippen LogP contribution is -2.43. The van der Waals surface area contributed by atoms with Gasteiger partial charge in [0, 0.05) is 19.5 Å². The highest BCUT2D eigenvalue weighted by Crippen LogP contribution is 2.25. The Morgan fingerprint density at radius 2 is 1.48 bits per heavy atom. The van der Waals surface area contributed by atoms with Crippen LogP contribution in [0.3, 0.4) is 0 Å². The molecule has 0 aliphatic heterocycles. The summed E-state index contributed by atoms with van der Waals surface area (Å²) in [6.45, 7) is 2.52. The van der Waals surface area contributed by atoms with E-state index < -0.39 is 6.04 Å². The van der Waals surface area contributed by atoms with Crippen molar-refractivity contribution < 1.29 is 14.0 Å². The maximum atomic E-state index is 13.4. The van der Waals surface area contributed by atoms with Crippen LogP contribution in [0, 0.1) is 5.82 Å². The number of carbonyl (C=O) groups excluding carboxylic acids is 2. The average Bonchev–Trinajstić information content (AvgIpc) is 2.80. The molecule has 0 saturated carbocycles. The van der Waals surface area contributed by atoms with E-state index in [4.69, 9.17) is 0 Å². The van der Waals surface area contributed by atoms with E-state index in [0.717, 1.165) is 16.7 Å². The van der Waals surface area contributed by atoms with Gasteiger partial charge in [-0.3, -0.25) is 9.59 Å². The van der Waals surface area contributed by atoms with Crippen molar-refractivity contribution in [1.82, 2.24) is 10.2 Å². The van der Waals surface area contributed by atoms with Crippen LogP contribution in [-0.2, 0) is 22.7 Å². The predicted octanol–water partition coefficient (Wildman–Crippen LogP) is 5.01. The SMILES string of the molecule is CCCC(=O)N(Cc1ccc(F)cc1)[C@H](C(=O)NCc1ccccc1)c1ccccc1. The molecule has 0 fully saturated rings. The van der Waals surface area contributed by atoms with Crippen molar-refractivity contribution in [1.29, 1.82) is 0 Å². The van der Waals surface area contributed by atoms with Crippen molar-refractivity contribution in [2.75, 3.05) is 0 Å². The summed E-state index contributed by atoms with van der Waals surface area (Å²) in [5.74, 6) is -0.701. The first-order valence-corrected chi connectivity index (χ1v) is 10.5. The summed E-state index contributed by atoms with van der Waals surface area (Å²) in [7, 11) is 0. The second-order valence-electron chi connectivity index (χ2n) is 7.41. The molecular formula is C26H27FN2O2. The van der Waals surface area contributed by atoms with Crippen LogP contribution < -0.4 is 5.32 Å². The number of benzene rings is 3. The maximum Gasteiger partial charge on any atom is 0.247 e. The number of carbonyl (C=O) groups is 2. The molecule has 31 heavy (non-hydrogen) atoms. The van der Waals surface area contributed by atoms with Gasteiger partial charge in [0.05, 0.1) is 0 Å². The number of nitrogens with zero attached hydrogens (tertiary/aromatic N) is 1. The van der Waals surface area contributed by atoms with Crippen LogP contribution in [0.15, 0.2) is 84.9 Å². The van der Waals surface area contributed by atoms with E-state index in [2.05, 4.69) is 5.32 Å². The molecule has 3 rings (SSSR count). The van der Waals surface area contributed by atoms with Crippen molar-refractivity contribution in [2.45, 2.75) is 38.9 Å². The zero-order chi connectivity index (χ0) is 22.1. The Hall–Kier alpha value is -3.47. The molecule has 1 N–H and O–H groups in total. The molecule has 1 atom stereocenters. The molecule has 0 unspecified atom stereocenters. The van der Waals surface area contributed by atoms with Gasteiger partial charge in [0.25, 0.3) is 0 Å². The highest BCUT2D eigenvalue weighted by molar-refractivity contribution is 5.88. The van der Waals surface area contributed by atoms with Crippen LogP contribution >= 0.6 is 0 Å². The number of hydrogen-bond donors (Lipinski definition) is 1. The van der Waals surface area contributed by atoms with Crippen molar-refractivity contribution in [3.05, 3.63) is 107 Å². The molecule has 0 aromatic heterocycles. The summed E-state index contributed by atoms with van der Waals surface area (Å²) in [4.78, 5) is 28.0. The van der Waals surface area contributed by atoms with Crippen LogP contribution in [0.1, 0.15) is 42.5 Å². The molecule has 3 aromatic rings. The largest absolute Gasteiger partial charge is 0.350 e. The summed E-state index contributed by atoms with van der Waals surface area (Å²) in [6, 6.07) is 24.2. The van der Waals surface area contributed by atoms with Crippen LogP contribution in [0.5, 0.6) is 0 Å². The Kier molecular flexibility index (Phi) is 7.93. The number of nitrogens with one attached hydrogen (secondary N) is 1. The first-order chi connectivity index (χ1) is 15.1. The summed E-state index contributed by atoms with van der Waals surface area (Å²) >= 11 is 0. The van der Waals surface area contributed by atoms with E-state index >= 15 is 0 Å². The van der Waals surface area contributed by atoms with Crippen molar-refractivity contribution in [3.8, 4) is 0 Å². The molecular weight excluding hydrogens is 391 g/mol. The normalized spacial score (nSPS) is 11.5. The van der Waals surface area contributed by atoms with Gasteiger partial charge in [-0.15, -0.1) is 0 Å². The highest BCUT2D eigenvalue weighted by Gasteiger charge is 2.31. The van der Waals surface area contributed by atoms with E-state index in [1.165, 1.54) is 12.1 Å². The molecule has 0 radical (unpaired) electrons. The molecule has 5 heteroatoms. The smallest absolute Gasteiger partial charge is 0.247 e. The number of hydrogen-bond acceptors (Lipinski definition) is 2. The lowest BCUT2D eigenvalue weighted by molar-refractivity contribution is -0.141. The van der Waals surface area contributed by atoms with E-state index in [1.807, 2.05) is 67.6 Å². The monoisotopic (exact) mass is 418 g/mol. The van der Waals surface area contributed by atoms with Crippen LogP contribution in [0.4, 0.5) is 4.39 Å². The molecule has 3 aromatic carbocycles. The number of amides is 2. The molecule has 160 valence electrons. The quantitative estimate of drug-likeness (QED) is 0.531. The van der Waals surface area contributed by atoms with Gasteiger partial charge in [-0.05, 0) is 35.2 Å². The summed E-state index contributed by atoms with van der Waals surface area (Å²) in [6.07, 6.45) is 1.00. The minimum absolute atomic E-state index is 0.115. The van der Waals surface area contributed by atoms with E-state index in [0.29, 0.717) is 19.4 Å². The Bertz CT molecular complexity index is 975. The van der Waals surface area contributed by atoms with Gasteiger partial charge in [0.2, 0.25) is 11.8 Å². The van der Waals surface area contributed by atoms with Gasteiger partial charge in [-0.1, -0.05) is 79.7 Å². The molecule has 0 heterocycles. The standard InChI is InChI=1S/C26H27FN2O2/c1-2-9-24(30)29(19-21-14-16-23(27)17-15-21)25(22-12-7-4-8-13-22)26(31)28-18-20-10-5-3-6-11-20/h3-8,10-17,25H,2,9,18-19H2,1H3,(H,28,31)/t25-/m0/s1. The zero-order valence-electron chi connectivity index (χ0n) is 17.6. The summed E-state index contributed by atoms with van der Waals surface area (Å²) in [5.41, 5.74) is 2.48. The average molecular weight is 419 g/mol. The first-order valence-electron chi connectivity index (χ1n) is 10.5. The third kappa shape index (κ3) is 6.25. The van der Waals surface area contributed by atoms with Crippen LogP contribution in [0.2, 0.25) is 0 Å². The fourth-order valence-corrected chi connectivity index (χ4v) is 3.46. The van der Waals surface area contributed by atoms with E-state index in [9.17, 15) is 14.0 Å². The summed E-state index contributed by atoms with van der Waals surface area (Å²) < 4.78 is 13.4. The van der Waals surface area contributed by atoms with Gasteiger partial charge in [-0.2, -0.15) is 0 Å². The first kappa shape index (κ1) is 22.2. The Balaban J connectivity index is 1.91. The lowest BCUT2D eigenvalue weighted by Gasteiger charge is -2.31. The Morgan fingerprint density at radius 3 is 2.10 bits per heavy atom. The maximum absolute atomic E-state index is 13.4. The molecule has 0 spiro atoms. The van der Waals surface area contributed by atoms with Gasteiger partial charge in [0.1, 0.15) is 11.9 Å². The van der Waals surface area contributed by atoms with Gasteiger partial charge < -0.3 is 10.2 Å². The third-order valence-corrected chi connectivity index (χ3v) is 5.04. The molecule has 0 aliphatic carbocycles. The van der Waals surface area contributed by atoms with E-state index in [1.54, 1.807) is 17.0 Å². The van der Waals surface area contributed by atoms with Gasteiger partial charge in [-0.25, -0.2) is 4.39 Å². The van der Waals surface area contributed by atoms with Crippen LogP contribution in [0.25, 0.3) is 0 Å². The fraction of sp³-hybridized carbons (Fsp3) is 0.231.